The van der Waals surface area contributed by atoms with E-state index in [2.05, 4.69) is 34.6 Å². The number of hydrogen-bond donors (Lipinski definition) is 1. The highest BCUT2D eigenvalue weighted by Gasteiger charge is 2.30. The Hall–Kier alpha value is -2.40. The van der Waals surface area contributed by atoms with Crippen molar-refractivity contribution in [3.63, 3.8) is 0 Å². The summed E-state index contributed by atoms with van der Waals surface area (Å²) < 4.78 is 0. The summed E-state index contributed by atoms with van der Waals surface area (Å²) >= 11 is 1.43. The van der Waals surface area contributed by atoms with Gasteiger partial charge in [0.15, 0.2) is 5.17 Å². The van der Waals surface area contributed by atoms with E-state index in [0.29, 0.717) is 11.6 Å². The molecule has 0 aliphatic carbocycles. The van der Waals surface area contributed by atoms with Crippen molar-refractivity contribution in [1.29, 1.82) is 0 Å². The van der Waals surface area contributed by atoms with Gasteiger partial charge in [-0.15, -0.1) is 5.10 Å². The van der Waals surface area contributed by atoms with E-state index in [0.717, 1.165) is 16.7 Å². The Morgan fingerprint density at radius 2 is 2.00 bits per heavy atom. The van der Waals surface area contributed by atoms with Crippen LogP contribution in [0, 0.1) is 13.8 Å². The van der Waals surface area contributed by atoms with Gasteiger partial charge < -0.3 is 5.32 Å². The van der Waals surface area contributed by atoms with Crippen LogP contribution in [0.3, 0.4) is 0 Å². The molecule has 1 atom stereocenters. The quantitative estimate of drug-likeness (QED) is 0.686. The van der Waals surface area contributed by atoms with Gasteiger partial charge in [-0.25, -0.2) is 0 Å². The molecule has 122 valence electrons. The lowest BCUT2D eigenvalue weighted by molar-refractivity contribution is -0.118. The van der Waals surface area contributed by atoms with Gasteiger partial charge >= 0.3 is 0 Å². The van der Waals surface area contributed by atoms with Crippen LogP contribution >= 0.6 is 11.8 Å². The highest BCUT2D eigenvalue weighted by Crippen LogP contribution is 2.23. The maximum absolute atomic E-state index is 12.1. The molecule has 1 unspecified atom stereocenters. The van der Waals surface area contributed by atoms with E-state index in [1.807, 2.05) is 43.3 Å². The summed E-state index contributed by atoms with van der Waals surface area (Å²) in [5.74, 6) is -0.00801. The van der Waals surface area contributed by atoms with Gasteiger partial charge in [0.05, 0.1) is 11.5 Å². The van der Waals surface area contributed by atoms with Crippen molar-refractivity contribution >= 4 is 29.1 Å². The van der Waals surface area contributed by atoms with Crippen LogP contribution in [0.1, 0.15) is 22.3 Å². The molecule has 1 aliphatic rings. The van der Waals surface area contributed by atoms with E-state index in [1.165, 1.54) is 17.3 Å². The maximum Gasteiger partial charge on any atom is 0.239 e. The monoisotopic (exact) mass is 337 g/mol. The number of rotatable bonds is 4. The van der Waals surface area contributed by atoms with Crippen LogP contribution in [0.5, 0.6) is 0 Å². The fraction of sp³-hybridized carbons (Fsp3) is 0.211. The molecule has 4 nitrogen and oxygen atoms in total. The molecule has 0 aromatic heterocycles. The minimum atomic E-state index is -0.154. The molecule has 0 radical (unpaired) electrons. The van der Waals surface area contributed by atoms with Gasteiger partial charge in [-0.3, -0.25) is 4.79 Å². The first-order chi connectivity index (χ1) is 11.6. The van der Waals surface area contributed by atoms with E-state index in [-0.39, 0.29) is 11.2 Å². The fourth-order valence-electron chi connectivity index (χ4n) is 2.51. The SMILES string of the molecule is Cc1cccc(CC2S/C(=N/N=C/c3ccccc3C)NC2=O)c1. The number of nitrogens with one attached hydrogen (secondary N) is 1. The average molecular weight is 337 g/mol. The Bertz CT molecular complexity index is 814. The van der Waals surface area contributed by atoms with Crippen molar-refractivity contribution in [3.05, 3.63) is 70.8 Å². The molecule has 5 heteroatoms. The van der Waals surface area contributed by atoms with E-state index in [9.17, 15) is 4.79 Å². The number of benzene rings is 2. The molecule has 1 N–H and O–H groups in total. The topological polar surface area (TPSA) is 53.8 Å². The molecule has 1 amide bonds. The van der Waals surface area contributed by atoms with Crippen molar-refractivity contribution in [2.75, 3.05) is 0 Å². The predicted octanol–water partition coefficient (Wildman–Crippen LogP) is 3.47. The summed E-state index contributed by atoms with van der Waals surface area (Å²) in [5, 5.41) is 11.4. The molecule has 1 saturated heterocycles. The highest BCUT2D eigenvalue weighted by molar-refractivity contribution is 8.15. The number of carbonyl (C=O) groups excluding carboxylic acids is 1. The minimum absolute atomic E-state index is 0.00801. The molecule has 3 rings (SSSR count). The van der Waals surface area contributed by atoms with Crippen LogP contribution in [0.2, 0.25) is 0 Å². The van der Waals surface area contributed by atoms with Crippen LogP contribution in [0.25, 0.3) is 0 Å². The second-order valence-corrected chi connectivity index (χ2v) is 6.99. The Morgan fingerprint density at radius 3 is 2.79 bits per heavy atom. The van der Waals surface area contributed by atoms with E-state index >= 15 is 0 Å². The summed E-state index contributed by atoms with van der Waals surface area (Å²) in [4.78, 5) is 12.1. The third-order valence-electron chi connectivity index (χ3n) is 3.81. The largest absolute Gasteiger partial charge is 0.303 e. The zero-order valence-corrected chi connectivity index (χ0v) is 14.5. The maximum atomic E-state index is 12.1. The summed E-state index contributed by atoms with van der Waals surface area (Å²) in [6, 6.07) is 16.2. The van der Waals surface area contributed by atoms with Gasteiger partial charge in [-0.05, 0) is 37.0 Å². The number of nitrogens with zero attached hydrogens (tertiary/aromatic N) is 2. The van der Waals surface area contributed by atoms with Crippen molar-refractivity contribution in [2.45, 2.75) is 25.5 Å². The molecule has 0 saturated carbocycles. The average Bonchev–Trinajstić information content (AvgIpc) is 2.89. The molecule has 2 aromatic carbocycles. The molecule has 1 aliphatic heterocycles. The first-order valence-electron chi connectivity index (χ1n) is 7.81. The Kier molecular flexibility index (Phi) is 5.11. The van der Waals surface area contributed by atoms with E-state index in [1.54, 1.807) is 6.21 Å². The number of thioether (sulfide) groups is 1. The van der Waals surface area contributed by atoms with Crippen LogP contribution in [0.15, 0.2) is 58.7 Å². The Morgan fingerprint density at radius 1 is 1.17 bits per heavy atom. The molecule has 1 heterocycles. The number of amides is 1. The van der Waals surface area contributed by atoms with Gasteiger partial charge in [0.25, 0.3) is 0 Å². The first kappa shape index (κ1) is 16.5. The standard InChI is InChI=1S/C19H19N3OS/c1-13-6-5-8-15(10-13)11-17-18(23)21-19(24-17)22-20-12-16-9-4-3-7-14(16)2/h3-10,12,17H,11H2,1-2H3,(H,21,22,23)/b20-12+. The highest BCUT2D eigenvalue weighted by atomic mass is 32.2. The third kappa shape index (κ3) is 4.11. The molecular formula is C19H19N3OS. The summed E-state index contributed by atoms with van der Waals surface area (Å²) in [6.07, 6.45) is 2.40. The zero-order chi connectivity index (χ0) is 16.9. The Labute approximate surface area is 146 Å². The van der Waals surface area contributed by atoms with Gasteiger partial charge in [0.1, 0.15) is 0 Å². The second-order valence-electron chi connectivity index (χ2n) is 5.80. The van der Waals surface area contributed by atoms with Gasteiger partial charge in [-0.1, -0.05) is 65.9 Å². The van der Waals surface area contributed by atoms with Crippen molar-refractivity contribution < 1.29 is 4.79 Å². The number of hydrogen-bond acceptors (Lipinski definition) is 4. The predicted molar refractivity (Wildman–Crippen MR) is 101 cm³/mol. The van der Waals surface area contributed by atoms with Gasteiger partial charge in [-0.2, -0.15) is 5.10 Å². The smallest absolute Gasteiger partial charge is 0.239 e. The van der Waals surface area contributed by atoms with Crippen molar-refractivity contribution in [1.82, 2.24) is 5.32 Å². The van der Waals surface area contributed by atoms with Crippen LogP contribution in [0.4, 0.5) is 0 Å². The van der Waals surface area contributed by atoms with Crippen LogP contribution in [-0.4, -0.2) is 22.5 Å². The van der Waals surface area contributed by atoms with E-state index < -0.39 is 0 Å². The number of carbonyl (C=O) groups is 1. The Balaban J connectivity index is 1.65. The third-order valence-corrected chi connectivity index (χ3v) is 4.89. The molecule has 0 spiro atoms. The molecule has 2 aromatic rings. The second kappa shape index (κ2) is 7.45. The fourth-order valence-corrected chi connectivity index (χ4v) is 3.48. The summed E-state index contributed by atoms with van der Waals surface area (Å²) in [7, 11) is 0. The zero-order valence-electron chi connectivity index (χ0n) is 13.7. The lowest BCUT2D eigenvalue weighted by Crippen LogP contribution is -2.25. The van der Waals surface area contributed by atoms with Gasteiger partial charge in [0, 0.05) is 0 Å². The lowest BCUT2D eigenvalue weighted by Gasteiger charge is -2.05. The molecular weight excluding hydrogens is 318 g/mol. The summed E-state index contributed by atoms with van der Waals surface area (Å²) in [6.45, 7) is 4.08. The first-order valence-corrected chi connectivity index (χ1v) is 8.69. The number of aryl methyl sites for hydroxylation is 2. The molecule has 24 heavy (non-hydrogen) atoms. The van der Waals surface area contributed by atoms with Crippen molar-refractivity contribution in [2.24, 2.45) is 10.2 Å². The number of amidine groups is 1. The lowest BCUT2D eigenvalue weighted by atomic mass is 10.1. The minimum Gasteiger partial charge on any atom is -0.303 e. The van der Waals surface area contributed by atoms with Crippen LogP contribution in [-0.2, 0) is 11.2 Å². The van der Waals surface area contributed by atoms with Crippen LogP contribution < -0.4 is 5.32 Å². The summed E-state index contributed by atoms with van der Waals surface area (Å²) in [5.41, 5.74) is 4.52. The normalized spacial score (nSPS) is 19.2. The molecule has 1 fully saturated rings. The van der Waals surface area contributed by atoms with Crippen molar-refractivity contribution in [3.8, 4) is 0 Å². The molecule has 0 bridgehead atoms. The van der Waals surface area contributed by atoms with Gasteiger partial charge in [0.2, 0.25) is 5.91 Å². The van der Waals surface area contributed by atoms with E-state index in [4.69, 9.17) is 0 Å².